The van der Waals surface area contributed by atoms with E-state index in [1.165, 1.54) is 11.1 Å². The first-order chi connectivity index (χ1) is 15.2. The topological polar surface area (TPSA) is 54.0 Å². The highest BCUT2D eigenvalue weighted by Crippen LogP contribution is 2.20. The summed E-state index contributed by atoms with van der Waals surface area (Å²) in [6.45, 7) is 6.80. The second-order valence-corrected chi connectivity index (χ2v) is 8.15. The van der Waals surface area contributed by atoms with E-state index in [2.05, 4.69) is 84.1 Å². The van der Waals surface area contributed by atoms with Gasteiger partial charge in [-0.1, -0.05) is 74.9 Å². The highest BCUT2D eigenvalue weighted by atomic mass is 16.1. The van der Waals surface area contributed by atoms with Gasteiger partial charge in [-0.25, -0.2) is 0 Å². The molecule has 31 heavy (non-hydrogen) atoms. The fraction of sp³-hybridized carbons (Fsp3) is 0.333. The number of aromatic nitrogens is 1. The van der Waals surface area contributed by atoms with Crippen molar-refractivity contribution < 1.29 is 4.79 Å². The van der Waals surface area contributed by atoms with E-state index in [1.54, 1.807) is 6.20 Å². The maximum atomic E-state index is 12.4. The van der Waals surface area contributed by atoms with Crippen molar-refractivity contribution in [1.82, 2.24) is 15.6 Å². The summed E-state index contributed by atoms with van der Waals surface area (Å²) in [7, 11) is 0. The monoisotopic (exact) mass is 415 g/mol. The van der Waals surface area contributed by atoms with Crippen LogP contribution >= 0.6 is 0 Å². The lowest BCUT2D eigenvalue weighted by atomic mass is 10.0. The summed E-state index contributed by atoms with van der Waals surface area (Å²) >= 11 is 0. The van der Waals surface area contributed by atoms with Gasteiger partial charge in [-0.05, 0) is 48.1 Å². The number of aryl methyl sites for hydroxylation is 1. The first-order valence-electron chi connectivity index (χ1n) is 11.2. The largest absolute Gasteiger partial charge is 0.352 e. The van der Waals surface area contributed by atoms with Crippen LogP contribution in [-0.2, 0) is 13.0 Å². The second-order valence-electron chi connectivity index (χ2n) is 8.15. The molecule has 4 nitrogen and oxygen atoms in total. The Morgan fingerprint density at radius 2 is 1.74 bits per heavy atom. The zero-order valence-electron chi connectivity index (χ0n) is 18.6. The number of hydrogen-bond donors (Lipinski definition) is 2. The van der Waals surface area contributed by atoms with E-state index in [0.717, 1.165) is 43.5 Å². The molecule has 0 unspecified atom stereocenters. The van der Waals surface area contributed by atoms with Gasteiger partial charge in [0, 0.05) is 31.0 Å². The van der Waals surface area contributed by atoms with E-state index >= 15 is 0 Å². The molecular weight excluding hydrogens is 382 g/mol. The Labute approximate surface area is 186 Å². The normalized spacial score (nSPS) is 11.8. The van der Waals surface area contributed by atoms with E-state index in [0.29, 0.717) is 18.0 Å². The van der Waals surface area contributed by atoms with Crippen LogP contribution in [-0.4, -0.2) is 24.0 Å². The molecule has 3 aromatic rings. The minimum atomic E-state index is -0.0639. The Kier molecular flexibility index (Phi) is 8.80. The summed E-state index contributed by atoms with van der Waals surface area (Å²) in [6.07, 6.45) is 6.71. The lowest BCUT2D eigenvalue weighted by Crippen LogP contribution is -2.28. The third-order valence-corrected chi connectivity index (χ3v) is 5.59. The van der Waals surface area contributed by atoms with Gasteiger partial charge >= 0.3 is 0 Å². The molecule has 1 heterocycles. The smallest absolute Gasteiger partial charge is 0.252 e. The Bertz CT molecular complexity index is 938. The van der Waals surface area contributed by atoms with E-state index < -0.39 is 0 Å². The average molecular weight is 416 g/mol. The van der Waals surface area contributed by atoms with Crippen molar-refractivity contribution in [1.29, 1.82) is 0 Å². The van der Waals surface area contributed by atoms with E-state index in [-0.39, 0.29) is 5.91 Å². The molecule has 1 amide bonds. The summed E-state index contributed by atoms with van der Waals surface area (Å²) in [5.74, 6) is 0.408. The molecule has 0 saturated heterocycles. The van der Waals surface area contributed by atoms with Crippen LogP contribution in [0.2, 0.25) is 0 Å². The first-order valence-corrected chi connectivity index (χ1v) is 11.2. The van der Waals surface area contributed by atoms with Crippen LogP contribution < -0.4 is 10.6 Å². The molecule has 2 N–H and O–H groups in total. The Hall–Kier alpha value is -2.98. The molecule has 3 rings (SSSR count). The minimum absolute atomic E-state index is 0.0639. The molecule has 0 fully saturated rings. The third-order valence-electron chi connectivity index (χ3n) is 5.59. The number of rotatable bonds is 11. The number of pyridine rings is 1. The van der Waals surface area contributed by atoms with Crippen molar-refractivity contribution in [2.75, 3.05) is 13.1 Å². The molecule has 4 heteroatoms. The lowest BCUT2D eigenvalue weighted by molar-refractivity contribution is 0.0947. The highest BCUT2D eigenvalue weighted by Gasteiger charge is 2.09. The van der Waals surface area contributed by atoms with Crippen LogP contribution in [0.1, 0.15) is 48.2 Å². The summed E-state index contributed by atoms with van der Waals surface area (Å²) in [6, 6.07) is 21.0. The van der Waals surface area contributed by atoms with Crippen molar-refractivity contribution >= 4 is 5.91 Å². The molecule has 0 saturated carbocycles. The van der Waals surface area contributed by atoms with Gasteiger partial charge < -0.3 is 10.6 Å². The number of hydrogen-bond acceptors (Lipinski definition) is 3. The summed E-state index contributed by atoms with van der Waals surface area (Å²) in [5, 5.41) is 6.51. The number of amides is 1. The molecule has 0 radical (unpaired) electrons. The summed E-state index contributed by atoms with van der Waals surface area (Å²) in [4.78, 5) is 16.7. The fourth-order valence-corrected chi connectivity index (χ4v) is 3.35. The summed E-state index contributed by atoms with van der Waals surface area (Å²) < 4.78 is 0. The van der Waals surface area contributed by atoms with Gasteiger partial charge in [-0.2, -0.15) is 0 Å². The Morgan fingerprint density at radius 1 is 0.968 bits per heavy atom. The van der Waals surface area contributed by atoms with Crippen LogP contribution in [0.5, 0.6) is 0 Å². The number of benzene rings is 2. The fourth-order valence-electron chi connectivity index (χ4n) is 3.35. The molecule has 0 aliphatic rings. The van der Waals surface area contributed by atoms with Crippen LogP contribution in [0.3, 0.4) is 0 Å². The van der Waals surface area contributed by atoms with Gasteiger partial charge in [0.2, 0.25) is 0 Å². The van der Waals surface area contributed by atoms with E-state index in [4.69, 9.17) is 0 Å². The predicted molar refractivity (Wildman–Crippen MR) is 128 cm³/mol. The van der Waals surface area contributed by atoms with Gasteiger partial charge in [0.1, 0.15) is 0 Å². The lowest BCUT2D eigenvalue weighted by Gasteiger charge is -2.11. The van der Waals surface area contributed by atoms with Crippen molar-refractivity contribution in [3.05, 3.63) is 89.7 Å². The molecule has 1 atom stereocenters. The molecule has 2 aromatic carbocycles. The molecular formula is C27H33N3O. The van der Waals surface area contributed by atoms with Gasteiger partial charge in [-0.3, -0.25) is 9.78 Å². The predicted octanol–water partition coefficient (Wildman–Crippen LogP) is 5.25. The molecule has 1 aromatic heterocycles. The van der Waals surface area contributed by atoms with Crippen LogP contribution in [0, 0.1) is 5.92 Å². The first kappa shape index (κ1) is 22.7. The Morgan fingerprint density at radius 3 is 2.48 bits per heavy atom. The number of nitrogens with one attached hydrogen (secondary N) is 2. The Balaban J connectivity index is 1.48. The molecule has 0 spiro atoms. The average Bonchev–Trinajstić information content (AvgIpc) is 2.83. The molecule has 0 bridgehead atoms. The number of carbonyl (C=O) groups is 1. The van der Waals surface area contributed by atoms with Crippen LogP contribution in [0.25, 0.3) is 11.1 Å². The van der Waals surface area contributed by atoms with Gasteiger partial charge in [0.25, 0.3) is 5.91 Å². The van der Waals surface area contributed by atoms with Crippen molar-refractivity contribution in [3.8, 4) is 11.1 Å². The number of nitrogens with zero attached hydrogens (tertiary/aromatic N) is 1. The maximum absolute atomic E-state index is 12.4. The zero-order valence-corrected chi connectivity index (χ0v) is 18.6. The third kappa shape index (κ3) is 7.34. The quantitative estimate of drug-likeness (QED) is 0.421. The van der Waals surface area contributed by atoms with Crippen molar-refractivity contribution in [2.24, 2.45) is 5.92 Å². The standard InChI is InChI=1S/C27H33N3O/c1-3-21(2)17-30-27(31)26-16-25(19-29-20-26)24-13-11-23(12-14-24)18-28-15-7-10-22-8-5-4-6-9-22/h4-6,8-9,11-14,16,19-21,28H,3,7,10,15,17-18H2,1-2H3,(H,30,31)/t21-/m0/s1. The van der Waals surface area contributed by atoms with Crippen molar-refractivity contribution in [2.45, 2.75) is 39.7 Å². The summed E-state index contributed by atoms with van der Waals surface area (Å²) in [5.41, 5.74) is 5.26. The van der Waals surface area contributed by atoms with Crippen molar-refractivity contribution in [3.63, 3.8) is 0 Å². The molecule has 0 aliphatic carbocycles. The minimum Gasteiger partial charge on any atom is -0.352 e. The van der Waals surface area contributed by atoms with Gasteiger partial charge in [-0.15, -0.1) is 0 Å². The second kappa shape index (κ2) is 12.0. The number of carbonyl (C=O) groups excluding carboxylic acids is 1. The van der Waals surface area contributed by atoms with E-state index in [9.17, 15) is 4.79 Å². The molecule has 162 valence electrons. The van der Waals surface area contributed by atoms with E-state index in [1.807, 2.05) is 12.3 Å². The maximum Gasteiger partial charge on any atom is 0.252 e. The SMILES string of the molecule is CC[C@H](C)CNC(=O)c1cncc(-c2ccc(CNCCCc3ccccc3)cc2)c1. The van der Waals surface area contributed by atoms with Gasteiger partial charge in [0.05, 0.1) is 5.56 Å². The zero-order chi connectivity index (χ0) is 21.9. The van der Waals surface area contributed by atoms with Crippen LogP contribution in [0.4, 0.5) is 0 Å². The van der Waals surface area contributed by atoms with Crippen LogP contribution in [0.15, 0.2) is 73.1 Å². The highest BCUT2D eigenvalue weighted by molar-refractivity contribution is 5.95. The molecule has 0 aliphatic heterocycles. The van der Waals surface area contributed by atoms with Gasteiger partial charge in [0.15, 0.2) is 0 Å².